The number of carbonyl (C=O) groups is 2. The number of allylic oxidation sites excluding steroid dienone is 1. The van der Waals surface area contributed by atoms with E-state index in [1.807, 2.05) is 13.8 Å². The average molecular weight is 328 g/mol. The minimum absolute atomic E-state index is 0.0560. The second-order valence-corrected chi connectivity index (χ2v) is 6.63. The summed E-state index contributed by atoms with van der Waals surface area (Å²) in [6.07, 6.45) is 1.65. The third-order valence-electron chi connectivity index (χ3n) is 3.91. The maximum Gasteiger partial charge on any atom is 0.337 e. The second kappa shape index (κ2) is 5.70. The molecule has 1 aliphatic carbocycles. The van der Waals surface area contributed by atoms with Crippen molar-refractivity contribution in [1.29, 1.82) is 0 Å². The van der Waals surface area contributed by atoms with E-state index in [-0.39, 0.29) is 38.9 Å². The van der Waals surface area contributed by atoms with E-state index in [0.29, 0.717) is 0 Å². The first kappa shape index (κ1) is 15.9. The van der Waals surface area contributed by atoms with Crippen LogP contribution in [0.1, 0.15) is 24.2 Å². The molecule has 1 aromatic carbocycles. The van der Waals surface area contributed by atoms with Crippen LogP contribution in [-0.4, -0.2) is 17.0 Å². The Bertz CT molecular complexity index is 621. The summed E-state index contributed by atoms with van der Waals surface area (Å²) in [5.41, 5.74) is 0.0984. The molecule has 4 nitrogen and oxygen atoms in total. The van der Waals surface area contributed by atoms with Crippen LogP contribution in [-0.2, 0) is 4.79 Å². The number of aromatic carboxylic acids is 1. The van der Waals surface area contributed by atoms with Crippen LogP contribution in [0.15, 0.2) is 34.8 Å². The van der Waals surface area contributed by atoms with Crippen LogP contribution in [0.5, 0.6) is 0 Å². The molecule has 21 heavy (non-hydrogen) atoms. The number of nitrogens with one attached hydrogen (secondary N) is 1. The van der Waals surface area contributed by atoms with Gasteiger partial charge >= 0.3 is 5.97 Å². The lowest BCUT2D eigenvalue weighted by Gasteiger charge is -2.08. The topological polar surface area (TPSA) is 66.4 Å². The molecule has 0 saturated heterocycles. The van der Waals surface area contributed by atoms with Crippen LogP contribution >= 0.6 is 23.2 Å². The van der Waals surface area contributed by atoms with Gasteiger partial charge in [0.05, 0.1) is 17.2 Å². The van der Waals surface area contributed by atoms with Crippen molar-refractivity contribution in [3.8, 4) is 0 Å². The van der Waals surface area contributed by atoms with E-state index in [1.165, 1.54) is 6.07 Å². The maximum absolute atomic E-state index is 12.3. The molecular weight excluding hydrogens is 313 g/mol. The van der Waals surface area contributed by atoms with Crippen molar-refractivity contribution >= 4 is 40.8 Å². The maximum atomic E-state index is 12.3. The van der Waals surface area contributed by atoms with Gasteiger partial charge in [-0.05, 0) is 29.5 Å². The fourth-order valence-electron chi connectivity index (χ4n) is 2.61. The number of carboxylic acid groups (broad SMARTS) is 1. The summed E-state index contributed by atoms with van der Waals surface area (Å²) in [5.74, 6) is -1.66. The van der Waals surface area contributed by atoms with Gasteiger partial charge in [-0.15, -0.1) is 0 Å². The molecule has 1 amide bonds. The zero-order chi connectivity index (χ0) is 15.8. The van der Waals surface area contributed by atoms with Crippen molar-refractivity contribution < 1.29 is 14.7 Å². The lowest BCUT2D eigenvalue weighted by atomic mass is 10.1. The largest absolute Gasteiger partial charge is 0.478 e. The van der Waals surface area contributed by atoms with Gasteiger partial charge in [-0.3, -0.25) is 4.79 Å². The fourth-order valence-corrected chi connectivity index (χ4v) is 2.89. The number of amides is 1. The lowest BCUT2D eigenvalue weighted by molar-refractivity contribution is -0.118. The number of carboxylic acids is 1. The molecule has 1 aromatic rings. The molecule has 1 fully saturated rings. The summed E-state index contributed by atoms with van der Waals surface area (Å²) in [7, 11) is 0. The van der Waals surface area contributed by atoms with E-state index in [4.69, 9.17) is 28.3 Å². The SMILES string of the molecule is CC1(C)C(C=C(Cl)Cl)C1C(=O)Nc1ccccc1C(=O)O. The normalized spacial score (nSPS) is 22.3. The predicted octanol–water partition coefficient (Wildman–Crippen LogP) is 3.91. The third-order valence-corrected chi connectivity index (χ3v) is 4.17. The molecule has 2 N–H and O–H groups in total. The van der Waals surface area contributed by atoms with Gasteiger partial charge in [0.15, 0.2) is 0 Å². The minimum Gasteiger partial charge on any atom is -0.478 e. The summed E-state index contributed by atoms with van der Waals surface area (Å²) in [5, 5.41) is 11.8. The summed E-state index contributed by atoms with van der Waals surface area (Å²) in [6.45, 7) is 3.89. The minimum atomic E-state index is -1.08. The Kier molecular flexibility index (Phi) is 4.30. The Labute approximate surface area is 132 Å². The summed E-state index contributed by atoms with van der Waals surface area (Å²) >= 11 is 11.3. The van der Waals surface area contributed by atoms with E-state index in [1.54, 1.807) is 24.3 Å². The molecule has 1 saturated carbocycles. The van der Waals surface area contributed by atoms with Crippen LogP contribution in [0.4, 0.5) is 5.69 Å². The standard InChI is InChI=1S/C15H15Cl2NO3/c1-15(2)9(7-11(16)17)12(15)13(19)18-10-6-4-3-5-8(10)14(20)21/h3-7,9,12H,1-2H3,(H,18,19)(H,20,21). The highest BCUT2D eigenvalue weighted by molar-refractivity contribution is 6.55. The molecule has 2 rings (SSSR count). The molecule has 0 radical (unpaired) electrons. The van der Waals surface area contributed by atoms with Crippen molar-refractivity contribution in [1.82, 2.24) is 0 Å². The molecule has 6 heteroatoms. The van der Waals surface area contributed by atoms with Gasteiger partial charge in [0.25, 0.3) is 0 Å². The molecule has 2 unspecified atom stereocenters. The predicted molar refractivity (Wildman–Crippen MR) is 82.6 cm³/mol. The van der Waals surface area contributed by atoms with Crippen LogP contribution in [0, 0.1) is 17.3 Å². The molecule has 0 bridgehead atoms. The van der Waals surface area contributed by atoms with Crippen LogP contribution in [0.2, 0.25) is 0 Å². The van der Waals surface area contributed by atoms with Gasteiger partial charge in [0.1, 0.15) is 4.49 Å². The lowest BCUT2D eigenvalue weighted by Crippen LogP contribution is -2.18. The van der Waals surface area contributed by atoms with E-state index >= 15 is 0 Å². The van der Waals surface area contributed by atoms with E-state index in [0.717, 1.165) is 0 Å². The van der Waals surface area contributed by atoms with Crippen LogP contribution in [0.25, 0.3) is 0 Å². The van der Waals surface area contributed by atoms with Gasteiger partial charge in [-0.25, -0.2) is 4.79 Å². The van der Waals surface area contributed by atoms with Crippen LogP contribution < -0.4 is 5.32 Å². The first-order valence-corrected chi connectivity index (χ1v) is 7.16. The third kappa shape index (κ3) is 3.22. The quantitative estimate of drug-likeness (QED) is 0.880. The number of para-hydroxylation sites is 1. The van der Waals surface area contributed by atoms with Crippen molar-refractivity contribution in [2.24, 2.45) is 17.3 Å². The van der Waals surface area contributed by atoms with E-state index in [9.17, 15) is 9.59 Å². The molecular formula is C15H15Cl2NO3. The summed E-state index contributed by atoms with van der Waals surface area (Å²) in [6, 6.07) is 6.30. The highest BCUT2D eigenvalue weighted by atomic mass is 35.5. The Morgan fingerprint density at radius 1 is 1.29 bits per heavy atom. The summed E-state index contributed by atoms with van der Waals surface area (Å²) in [4.78, 5) is 23.5. The zero-order valence-corrected chi connectivity index (χ0v) is 13.1. The number of benzene rings is 1. The van der Waals surface area contributed by atoms with E-state index in [2.05, 4.69) is 5.32 Å². The fraction of sp³-hybridized carbons (Fsp3) is 0.333. The van der Waals surface area contributed by atoms with Gasteiger partial charge in [-0.1, -0.05) is 49.2 Å². The average Bonchev–Trinajstić information content (AvgIpc) is 2.90. The molecule has 112 valence electrons. The van der Waals surface area contributed by atoms with Gasteiger partial charge in [0.2, 0.25) is 5.91 Å². The number of hydrogen-bond acceptors (Lipinski definition) is 2. The second-order valence-electron chi connectivity index (χ2n) is 5.62. The van der Waals surface area contributed by atoms with Gasteiger partial charge < -0.3 is 10.4 Å². The number of carbonyl (C=O) groups excluding carboxylic acids is 1. The molecule has 0 aliphatic heterocycles. The first-order valence-electron chi connectivity index (χ1n) is 6.41. The van der Waals surface area contributed by atoms with Crippen molar-refractivity contribution in [3.63, 3.8) is 0 Å². The molecule has 0 aromatic heterocycles. The first-order chi connectivity index (χ1) is 9.75. The van der Waals surface area contributed by atoms with Gasteiger partial charge in [-0.2, -0.15) is 0 Å². The monoisotopic (exact) mass is 327 g/mol. The van der Waals surface area contributed by atoms with Crippen molar-refractivity contribution in [3.05, 3.63) is 40.4 Å². The number of halogens is 2. The van der Waals surface area contributed by atoms with E-state index < -0.39 is 5.97 Å². The Morgan fingerprint density at radius 2 is 1.90 bits per heavy atom. The highest BCUT2D eigenvalue weighted by Gasteiger charge is 2.60. The molecule has 0 spiro atoms. The zero-order valence-electron chi connectivity index (χ0n) is 11.6. The van der Waals surface area contributed by atoms with Crippen molar-refractivity contribution in [2.45, 2.75) is 13.8 Å². The Balaban J connectivity index is 2.17. The highest BCUT2D eigenvalue weighted by Crippen LogP contribution is 2.60. The number of anilines is 1. The van der Waals surface area contributed by atoms with Crippen LogP contribution in [0.3, 0.4) is 0 Å². The van der Waals surface area contributed by atoms with Gasteiger partial charge in [0, 0.05) is 0 Å². The molecule has 0 heterocycles. The number of hydrogen-bond donors (Lipinski definition) is 2. The summed E-state index contributed by atoms with van der Waals surface area (Å²) < 4.78 is 0.134. The smallest absolute Gasteiger partial charge is 0.337 e. The number of rotatable bonds is 4. The molecule has 2 atom stereocenters. The van der Waals surface area contributed by atoms with Crippen molar-refractivity contribution in [2.75, 3.05) is 5.32 Å². The Morgan fingerprint density at radius 3 is 2.48 bits per heavy atom. The Hall–Kier alpha value is -1.52. The molecule has 1 aliphatic rings.